The first-order chi connectivity index (χ1) is 9.67. The summed E-state index contributed by atoms with van der Waals surface area (Å²) < 4.78 is 0. The number of fused-ring (bicyclic) bond motifs is 1. The van der Waals surface area contributed by atoms with Gasteiger partial charge in [-0.15, -0.1) is 11.3 Å². The topological polar surface area (TPSA) is 75.9 Å². The van der Waals surface area contributed by atoms with Crippen LogP contribution >= 0.6 is 11.3 Å². The second kappa shape index (κ2) is 6.85. The van der Waals surface area contributed by atoms with Crippen LogP contribution in [0.4, 0.5) is 11.8 Å². The number of hydrogen-bond acceptors (Lipinski definition) is 6. The maximum absolute atomic E-state index is 5.46. The molecule has 0 fully saturated rings. The van der Waals surface area contributed by atoms with Crippen molar-refractivity contribution >= 4 is 33.3 Å². The van der Waals surface area contributed by atoms with Gasteiger partial charge in [0.1, 0.15) is 10.6 Å². The molecule has 0 aliphatic rings. The van der Waals surface area contributed by atoms with Crippen molar-refractivity contribution in [3.8, 4) is 0 Å². The van der Waals surface area contributed by atoms with Gasteiger partial charge in [-0.25, -0.2) is 10.8 Å². The fourth-order valence-electron chi connectivity index (χ4n) is 2.14. The minimum absolute atomic E-state index is 0.392. The lowest BCUT2D eigenvalue weighted by Crippen LogP contribution is -2.18. The van der Waals surface area contributed by atoms with E-state index < -0.39 is 0 Å². The molecule has 0 aromatic carbocycles. The molecule has 2 aromatic rings. The van der Waals surface area contributed by atoms with Crippen LogP contribution in [0.25, 0.3) is 10.2 Å². The number of nitrogens with zero attached hydrogens (tertiary/aromatic N) is 2. The minimum atomic E-state index is 0.392. The Bertz CT molecular complexity index is 566. The van der Waals surface area contributed by atoms with Crippen LogP contribution in [0.15, 0.2) is 6.07 Å². The number of aromatic nitrogens is 2. The Morgan fingerprint density at radius 3 is 2.80 bits per heavy atom. The van der Waals surface area contributed by atoms with Gasteiger partial charge in [0.15, 0.2) is 0 Å². The third-order valence-electron chi connectivity index (χ3n) is 3.30. The van der Waals surface area contributed by atoms with Gasteiger partial charge in [-0.2, -0.15) is 4.98 Å². The van der Waals surface area contributed by atoms with Crippen molar-refractivity contribution in [2.45, 2.75) is 52.5 Å². The average molecular weight is 293 g/mol. The Morgan fingerprint density at radius 2 is 2.15 bits per heavy atom. The molecule has 5 nitrogen and oxygen atoms in total. The number of hydrazine groups is 1. The number of nitrogen functional groups attached to an aromatic ring is 1. The van der Waals surface area contributed by atoms with Crippen LogP contribution < -0.4 is 16.6 Å². The van der Waals surface area contributed by atoms with Crippen molar-refractivity contribution < 1.29 is 0 Å². The minimum Gasteiger partial charge on any atom is -0.367 e. The fourth-order valence-corrected chi connectivity index (χ4v) is 3.10. The number of aryl methyl sites for hydroxylation is 1. The van der Waals surface area contributed by atoms with Gasteiger partial charge in [0.2, 0.25) is 5.95 Å². The first-order valence-corrected chi connectivity index (χ1v) is 8.03. The highest BCUT2D eigenvalue weighted by Gasteiger charge is 2.12. The third kappa shape index (κ3) is 3.37. The highest BCUT2D eigenvalue weighted by atomic mass is 32.1. The molecule has 0 aliphatic carbocycles. The molecule has 20 heavy (non-hydrogen) atoms. The third-order valence-corrected chi connectivity index (χ3v) is 4.47. The van der Waals surface area contributed by atoms with Crippen molar-refractivity contribution in [1.29, 1.82) is 0 Å². The number of nitrogens with two attached hydrogens (primary N) is 1. The standard InChI is InChI=1S/C14H23N5S/c1-4-6-7-9(3)16-12-11-8-10(5-2)20-13(11)18-14(17-12)19-15/h8-9H,4-7,15H2,1-3H3,(H2,16,17,18,19). The maximum Gasteiger partial charge on any atom is 0.240 e. The SMILES string of the molecule is CCCCC(C)Nc1nc(NN)nc2sc(CC)cc12. The molecule has 0 bridgehead atoms. The van der Waals surface area contributed by atoms with Crippen LogP contribution in [0, 0.1) is 0 Å². The molecule has 1 unspecified atom stereocenters. The number of rotatable bonds is 7. The van der Waals surface area contributed by atoms with Gasteiger partial charge in [-0.05, 0) is 25.8 Å². The molecule has 0 aliphatic heterocycles. The van der Waals surface area contributed by atoms with Gasteiger partial charge < -0.3 is 5.32 Å². The van der Waals surface area contributed by atoms with E-state index in [-0.39, 0.29) is 0 Å². The largest absolute Gasteiger partial charge is 0.367 e. The van der Waals surface area contributed by atoms with E-state index in [0.717, 1.165) is 28.9 Å². The number of thiophene rings is 1. The summed E-state index contributed by atoms with van der Waals surface area (Å²) >= 11 is 1.70. The van der Waals surface area contributed by atoms with Crippen LogP contribution in [0.1, 0.15) is 44.9 Å². The second-order valence-corrected chi connectivity index (χ2v) is 6.13. The van der Waals surface area contributed by atoms with E-state index in [0.29, 0.717) is 12.0 Å². The quantitative estimate of drug-likeness (QED) is 0.538. The maximum atomic E-state index is 5.46. The molecule has 0 radical (unpaired) electrons. The van der Waals surface area contributed by atoms with Gasteiger partial charge in [-0.1, -0.05) is 26.7 Å². The van der Waals surface area contributed by atoms with E-state index >= 15 is 0 Å². The monoisotopic (exact) mass is 293 g/mol. The first-order valence-electron chi connectivity index (χ1n) is 7.21. The molecule has 0 saturated carbocycles. The summed E-state index contributed by atoms with van der Waals surface area (Å²) in [4.78, 5) is 11.2. The van der Waals surface area contributed by atoms with Gasteiger partial charge in [0.05, 0.1) is 5.39 Å². The van der Waals surface area contributed by atoms with Crippen molar-refractivity contribution in [3.05, 3.63) is 10.9 Å². The molecule has 6 heteroatoms. The number of unbranched alkanes of at least 4 members (excludes halogenated alkanes) is 1. The zero-order chi connectivity index (χ0) is 14.5. The Balaban J connectivity index is 2.31. The molecule has 4 N–H and O–H groups in total. The second-order valence-electron chi connectivity index (χ2n) is 5.01. The van der Waals surface area contributed by atoms with E-state index in [1.54, 1.807) is 11.3 Å². The molecule has 2 heterocycles. The van der Waals surface area contributed by atoms with E-state index in [9.17, 15) is 0 Å². The molecule has 2 rings (SSSR count). The number of hydrogen-bond donors (Lipinski definition) is 3. The highest BCUT2D eigenvalue weighted by Crippen LogP contribution is 2.30. The van der Waals surface area contributed by atoms with Crippen LogP contribution in [0.3, 0.4) is 0 Å². The first kappa shape index (κ1) is 15.0. The van der Waals surface area contributed by atoms with E-state index in [1.165, 1.54) is 17.7 Å². The van der Waals surface area contributed by atoms with E-state index in [2.05, 4.69) is 47.5 Å². The summed E-state index contributed by atoms with van der Waals surface area (Å²) in [6, 6.07) is 2.57. The zero-order valence-corrected chi connectivity index (χ0v) is 13.2. The van der Waals surface area contributed by atoms with Crippen molar-refractivity contribution in [1.82, 2.24) is 9.97 Å². The number of anilines is 2. The van der Waals surface area contributed by atoms with Crippen LogP contribution in [-0.2, 0) is 6.42 Å². The van der Waals surface area contributed by atoms with Crippen LogP contribution in [0.5, 0.6) is 0 Å². The summed E-state index contributed by atoms with van der Waals surface area (Å²) in [5.41, 5.74) is 2.55. The molecule has 2 aromatic heterocycles. The van der Waals surface area contributed by atoms with Crippen molar-refractivity contribution in [3.63, 3.8) is 0 Å². The molecular formula is C14H23N5S. The van der Waals surface area contributed by atoms with Gasteiger partial charge in [0.25, 0.3) is 0 Å². The van der Waals surface area contributed by atoms with E-state index in [1.807, 2.05) is 0 Å². The Kier molecular flexibility index (Phi) is 5.14. The Morgan fingerprint density at radius 1 is 1.35 bits per heavy atom. The van der Waals surface area contributed by atoms with Gasteiger partial charge >= 0.3 is 0 Å². The summed E-state index contributed by atoms with van der Waals surface area (Å²) in [6.45, 7) is 6.54. The average Bonchev–Trinajstić information content (AvgIpc) is 2.88. The van der Waals surface area contributed by atoms with Gasteiger partial charge in [0, 0.05) is 10.9 Å². The van der Waals surface area contributed by atoms with Crippen molar-refractivity contribution in [2.24, 2.45) is 5.84 Å². The predicted molar refractivity (Wildman–Crippen MR) is 87.2 cm³/mol. The Hall–Kier alpha value is -1.40. The lowest BCUT2D eigenvalue weighted by atomic mass is 10.1. The van der Waals surface area contributed by atoms with Crippen molar-refractivity contribution in [2.75, 3.05) is 10.7 Å². The van der Waals surface area contributed by atoms with Crippen LogP contribution in [0.2, 0.25) is 0 Å². The highest BCUT2D eigenvalue weighted by molar-refractivity contribution is 7.18. The van der Waals surface area contributed by atoms with E-state index in [4.69, 9.17) is 5.84 Å². The summed E-state index contributed by atoms with van der Waals surface area (Å²) in [5.74, 6) is 6.80. The van der Waals surface area contributed by atoms with Gasteiger partial charge in [-0.3, -0.25) is 5.43 Å². The molecular weight excluding hydrogens is 270 g/mol. The summed E-state index contributed by atoms with van der Waals surface area (Å²) in [6.07, 6.45) is 4.57. The molecule has 0 saturated heterocycles. The number of nitrogens with one attached hydrogen (secondary N) is 2. The Labute approximate surface area is 124 Å². The molecule has 0 spiro atoms. The lowest BCUT2D eigenvalue weighted by molar-refractivity contribution is 0.644. The van der Waals surface area contributed by atoms with Crippen LogP contribution in [-0.4, -0.2) is 16.0 Å². The fraction of sp³-hybridized carbons (Fsp3) is 0.571. The predicted octanol–water partition coefficient (Wildman–Crippen LogP) is 3.53. The molecule has 0 amide bonds. The summed E-state index contributed by atoms with van der Waals surface area (Å²) in [5, 5.41) is 4.58. The summed E-state index contributed by atoms with van der Waals surface area (Å²) in [7, 11) is 0. The normalized spacial score (nSPS) is 12.6. The lowest BCUT2D eigenvalue weighted by Gasteiger charge is -2.15. The smallest absolute Gasteiger partial charge is 0.240 e. The molecule has 1 atom stereocenters. The molecule has 110 valence electrons. The zero-order valence-electron chi connectivity index (χ0n) is 12.4.